The predicted octanol–water partition coefficient (Wildman–Crippen LogP) is 1.50. The number of piperazine rings is 1. The van der Waals surface area contributed by atoms with Crippen molar-refractivity contribution in [1.82, 2.24) is 9.80 Å². The molecule has 1 heterocycles. The lowest BCUT2D eigenvalue weighted by Gasteiger charge is -2.32. The quantitative estimate of drug-likeness (QED) is 0.845. The maximum Gasteiger partial charge on any atom is 0.336 e. The van der Waals surface area contributed by atoms with E-state index in [0.717, 1.165) is 32.7 Å². The van der Waals surface area contributed by atoms with Gasteiger partial charge < -0.3 is 10.0 Å². The molecule has 1 saturated heterocycles. The SMILES string of the molecule is CN1CCN(CCS(=O)c2ccc(Br)c(C(=O)O)c2)CC1. The zero-order valence-corrected chi connectivity index (χ0v) is 14.3. The minimum Gasteiger partial charge on any atom is -0.478 e. The second-order valence-corrected chi connectivity index (χ2v) is 7.57. The summed E-state index contributed by atoms with van der Waals surface area (Å²) in [6.07, 6.45) is 0. The first-order chi connectivity index (χ1) is 9.97. The average molecular weight is 375 g/mol. The standard InChI is InChI=1S/C14H19BrN2O3S/c1-16-4-6-17(7-5-16)8-9-21(20)11-2-3-13(15)12(10-11)14(18)19/h2-3,10H,4-9H2,1H3,(H,18,19). The van der Waals surface area contributed by atoms with Crippen molar-refractivity contribution >= 4 is 32.7 Å². The van der Waals surface area contributed by atoms with Gasteiger partial charge in [-0.2, -0.15) is 0 Å². The van der Waals surface area contributed by atoms with Crippen LogP contribution in [0.4, 0.5) is 0 Å². The van der Waals surface area contributed by atoms with Crippen molar-refractivity contribution in [2.75, 3.05) is 45.5 Å². The van der Waals surface area contributed by atoms with E-state index in [9.17, 15) is 9.00 Å². The van der Waals surface area contributed by atoms with Crippen LogP contribution in [0, 0.1) is 0 Å². The smallest absolute Gasteiger partial charge is 0.336 e. The van der Waals surface area contributed by atoms with Gasteiger partial charge in [0.05, 0.1) is 16.4 Å². The molecule has 5 nitrogen and oxygen atoms in total. The van der Waals surface area contributed by atoms with Gasteiger partial charge in [-0.15, -0.1) is 0 Å². The molecule has 1 atom stereocenters. The van der Waals surface area contributed by atoms with Gasteiger partial charge in [0.2, 0.25) is 0 Å². The van der Waals surface area contributed by atoms with Crippen LogP contribution in [-0.2, 0) is 10.8 Å². The van der Waals surface area contributed by atoms with Crippen LogP contribution in [0.3, 0.4) is 0 Å². The normalized spacial score (nSPS) is 18.6. The number of halogens is 1. The van der Waals surface area contributed by atoms with Gasteiger partial charge in [0.15, 0.2) is 0 Å². The number of hydrogen-bond donors (Lipinski definition) is 1. The van der Waals surface area contributed by atoms with E-state index in [1.165, 1.54) is 6.07 Å². The van der Waals surface area contributed by atoms with Crippen molar-refractivity contribution in [2.45, 2.75) is 4.90 Å². The highest BCUT2D eigenvalue weighted by atomic mass is 79.9. The van der Waals surface area contributed by atoms with Gasteiger partial charge in [0.25, 0.3) is 0 Å². The van der Waals surface area contributed by atoms with Gasteiger partial charge in [-0.05, 0) is 41.2 Å². The van der Waals surface area contributed by atoms with Crippen LogP contribution in [0.15, 0.2) is 27.6 Å². The third kappa shape index (κ3) is 4.60. The molecule has 0 radical (unpaired) electrons. The second-order valence-electron chi connectivity index (χ2n) is 5.14. The Balaban J connectivity index is 1.94. The molecule has 0 spiro atoms. The maximum atomic E-state index is 12.3. The van der Waals surface area contributed by atoms with Gasteiger partial charge in [-0.25, -0.2) is 4.79 Å². The first kappa shape index (κ1) is 16.6. The first-order valence-electron chi connectivity index (χ1n) is 6.79. The van der Waals surface area contributed by atoms with E-state index in [2.05, 4.69) is 32.8 Å². The molecule has 1 aliphatic rings. The van der Waals surface area contributed by atoms with E-state index in [4.69, 9.17) is 5.11 Å². The molecule has 1 aromatic rings. The molecule has 0 amide bonds. The number of hydrogen-bond acceptors (Lipinski definition) is 4. The lowest BCUT2D eigenvalue weighted by molar-refractivity contribution is 0.0695. The Morgan fingerprint density at radius 3 is 2.62 bits per heavy atom. The second kappa shape index (κ2) is 7.49. The van der Waals surface area contributed by atoms with Gasteiger partial charge in [-0.3, -0.25) is 9.11 Å². The Kier molecular flexibility index (Phi) is 5.92. The Bertz CT molecular complexity index is 545. The molecule has 1 fully saturated rings. The van der Waals surface area contributed by atoms with Crippen molar-refractivity contribution in [1.29, 1.82) is 0 Å². The highest BCUT2D eigenvalue weighted by molar-refractivity contribution is 9.10. The average Bonchev–Trinajstić information content (AvgIpc) is 2.46. The monoisotopic (exact) mass is 374 g/mol. The molecule has 1 unspecified atom stereocenters. The third-order valence-electron chi connectivity index (χ3n) is 3.62. The van der Waals surface area contributed by atoms with Crippen LogP contribution in [0.2, 0.25) is 0 Å². The zero-order chi connectivity index (χ0) is 15.4. The minimum atomic E-state index is -1.17. The lowest BCUT2D eigenvalue weighted by Crippen LogP contribution is -2.45. The number of carbonyl (C=O) groups is 1. The Morgan fingerprint density at radius 1 is 1.33 bits per heavy atom. The van der Waals surface area contributed by atoms with Gasteiger partial charge in [-0.1, -0.05) is 0 Å². The Morgan fingerprint density at radius 2 is 2.00 bits per heavy atom. The molecule has 1 N–H and O–H groups in total. The molecule has 1 aromatic carbocycles. The van der Waals surface area contributed by atoms with E-state index in [1.807, 2.05) is 0 Å². The Labute approximate surface area is 135 Å². The Hall–Kier alpha value is -0.760. The number of nitrogens with zero attached hydrogens (tertiary/aromatic N) is 2. The zero-order valence-electron chi connectivity index (χ0n) is 11.9. The summed E-state index contributed by atoms with van der Waals surface area (Å²) in [5, 5.41) is 9.09. The number of aromatic carboxylic acids is 1. The van der Waals surface area contributed by atoms with Crippen molar-refractivity contribution in [2.24, 2.45) is 0 Å². The first-order valence-corrected chi connectivity index (χ1v) is 8.90. The number of benzene rings is 1. The maximum absolute atomic E-state index is 12.3. The molecule has 21 heavy (non-hydrogen) atoms. The van der Waals surface area contributed by atoms with E-state index >= 15 is 0 Å². The number of carboxylic acid groups (broad SMARTS) is 1. The molecule has 0 aromatic heterocycles. The summed E-state index contributed by atoms with van der Waals surface area (Å²) in [4.78, 5) is 16.2. The van der Waals surface area contributed by atoms with Crippen LogP contribution in [0.1, 0.15) is 10.4 Å². The number of likely N-dealkylation sites (N-methyl/N-ethyl adjacent to an activating group) is 1. The van der Waals surface area contributed by atoms with Crippen molar-refractivity contribution in [3.05, 3.63) is 28.2 Å². The fourth-order valence-electron chi connectivity index (χ4n) is 2.21. The van der Waals surface area contributed by atoms with E-state index < -0.39 is 16.8 Å². The van der Waals surface area contributed by atoms with Crippen LogP contribution < -0.4 is 0 Å². The molecule has 116 valence electrons. The molecular formula is C14H19BrN2O3S. The summed E-state index contributed by atoms with van der Waals surface area (Å²) in [6.45, 7) is 4.84. The molecule has 0 aliphatic carbocycles. The summed E-state index contributed by atoms with van der Waals surface area (Å²) in [7, 11) is 0.934. The highest BCUT2D eigenvalue weighted by Crippen LogP contribution is 2.20. The predicted molar refractivity (Wildman–Crippen MR) is 86.3 cm³/mol. The minimum absolute atomic E-state index is 0.153. The number of rotatable bonds is 5. The van der Waals surface area contributed by atoms with Crippen molar-refractivity contribution < 1.29 is 14.1 Å². The summed E-state index contributed by atoms with van der Waals surface area (Å²) >= 11 is 3.19. The van der Waals surface area contributed by atoms with Crippen molar-refractivity contribution in [3.8, 4) is 0 Å². The highest BCUT2D eigenvalue weighted by Gasteiger charge is 2.16. The van der Waals surface area contributed by atoms with Crippen molar-refractivity contribution in [3.63, 3.8) is 0 Å². The lowest BCUT2D eigenvalue weighted by atomic mass is 10.2. The van der Waals surface area contributed by atoms with Crippen LogP contribution >= 0.6 is 15.9 Å². The fourth-order valence-corrected chi connectivity index (χ4v) is 3.76. The fraction of sp³-hybridized carbons (Fsp3) is 0.500. The topological polar surface area (TPSA) is 60.9 Å². The molecule has 0 bridgehead atoms. The number of carboxylic acids is 1. The van der Waals surface area contributed by atoms with E-state index in [1.54, 1.807) is 12.1 Å². The molecule has 7 heteroatoms. The molecule has 2 rings (SSSR count). The summed E-state index contributed by atoms with van der Waals surface area (Å²) in [6, 6.07) is 4.86. The summed E-state index contributed by atoms with van der Waals surface area (Å²) in [5.74, 6) is -0.482. The van der Waals surface area contributed by atoms with Crippen LogP contribution in [-0.4, -0.2) is 70.6 Å². The molecule has 0 saturated carbocycles. The van der Waals surface area contributed by atoms with Gasteiger partial charge >= 0.3 is 5.97 Å². The van der Waals surface area contributed by atoms with Crippen LogP contribution in [0.25, 0.3) is 0 Å². The third-order valence-corrected chi connectivity index (χ3v) is 5.64. The van der Waals surface area contributed by atoms with E-state index in [-0.39, 0.29) is 5.56 Å². The molecular weight excluding hydrogens is 356 g/mol. The summed E-state index contributed by atoms with van der Waals surface area (Å²) < 4.78 is 12.8. The largest absolute Gasteiger partial charge is 0.478 e. The van der Waals surface area contributed by atoms with Gasteiger partial charge in [0, 0.05) is 47.8 Å². The van der Waals surface area contributed by atoms with Gasteiger partial charge in [0.1, 0.15) is 0 Å². The summed E-state index contributed by atoms with van der Waals surface area (Å²) in [5.41, 5.74) is 0.153. The van der Waals surface area contributed by atoms with E-state index in [0.29, 0.717) is 15.1 Å². The molecule has 1 aliphatic heterocycles. The van der Waals surface area contributed by atoms with Crippen LogP contribution in [0.5, 0.6) is 0 Å².